The second kappa shape index (κ2) is 12.1. The lowest BCUT2D eigenvalue weighted by atomic mass is 9.63. The van der Waals surface area contributed by atoms with Crippen LogP contribution in [0.1, 0.15) is 110 Å². The lowest BCUT2D eigenvalue weighted by Crippen LogP contribution is -2.53. The van der Waals surface area contributed by atoms with Gasteiger partial charge in [0.05, 0.1) is 6.10 Å². The van der Waals surface area contributed by atoms with E-state index >= 15 is 13.2 Å². The lowest BCUT2D eigenvalue weighted by molar-refractivity contribution is -0.124. The Bertz CT molecular complexity index is 567. The summed E-state index contributed by atoms with van der Waals surface area (Å²) in [5, 5.41) is 0. The number of alkyl halides is 3. The van der Waals surface area contributed by atoms with Crippen LogP contribution in [0, 0.1) is 41.4 Å². The summed E-state index contributed by atoms with van der Waals surface area (Å²) in [5.74, 6) is 2.47. The maximum Gasteiger partial charge on any atom is 0.137 e. The van der Waals surface area contributed by atoms with Crippen molar-refractivity contribution in [3.63, 3.8) is 0 Å². The average Bonchev–Trinajstić information content (AvgIpc) is 2.85. The molecule has 0 N–H and O–H groups in total. The van der Waals surface area contributed by atoms with Crippen molar-refractivity contribution in [2.24, 2.45) is 41.4 Å². The van der Waals surface area contributed by atoms with Crippen LogP contribution in [0.25, 0.3) is 0 Å². The zero-order chi connectivity index (χ0) is 23.4. The molecule has 4 fully saturated rings. The van der Waals surface area contributed by atoms with Crippen molar-refractivity contribution >= 4 is 0 Å². The SMILES string of the molecule is CCCOC1CCC2CC(CCC3CCC(C4CCC(CC)CC4)CC3)C(F)C(F)C2C1F. The molecule has 7 unspecified atom stereocenters. The predicted molar refractivity (Wildman–Crippen MR) is 129 cm³/mol. The monoisotopic (exact) mass is 470 g/mol. The van der Waals surface area contributed by atoms with E-state index in [0.717, 1.165) is 43.4 Å². The molecule has 0 spiro atoms. The molecule has 4 aliphatic carbocycles. The van der Waals surface area contributed by atoms with Crippen LogP contribution in [0.4, 0.5) is 13.2 Å². The first-order chi connectivity index (χ1) is 16.0. The van der Waals surface area contributed by atoms with Crippen molar-refractivity contribution in [2.75, 3.05) is 6.61 Å². The molecule has 33 heavy (non-hydrogen) atoms. The highest BCUT2D eigenvalue weighted by atomic mass is 19.2. The van der Waals surface area contributed by atoms with Gasteiger partial charge < -0.3 is 4.74 Å². The van der Waals surface area contributed by atoms with Gasteiger partial charge in [-0.05, 0) is 93.3 Å². The van der Waals surface area contributed by atoms with E-state index in [0.29, 0.717) is 25.4 Å². The normalized spacial score (nSPS) is 46.6. The second-order valence-corrected chi connectivity index (χ2v) is 12.2. The topological polar surface area (TPSA) is 9.23 Å². The van der Waals surface area contributed by atoms with Crippen LogP contribution in [-0.2, 0) is 4.74 Å². The molecule has 4 saturated carbocycles. The van der Waals surface area contributed by atoms with Gasteiger partial charge in [-0.2, -0.15) is 0 Å². The Morgan fingerprint density at radius 2 is 1.24 bits per heavy atom. The third kappa shape index (κ3) is 6.12. The first-order valence-corrected chi connectivity index (χ1v) is 14.6. The Morgan fingerprint density at radius 1 is 0.636 bits per heavy atom. The van der Waals surface area contributed by atoms with Crippen molar-refractivity contribution in [2.45, 2.75) is 135 Å². The standard InChI is InChI=1S/C29H49F3O/c1-3-17-33-25-16-15-23-18-24(27(30)29(32)26(23)28(25)31)14-9-20-7-12-22(13-8-20)21-10-5-19(4-2)6-11-21/h19-29H,3-18H2,1-2H3. The molecule has 0 aromatic carbocycles. The molecule has 4 heteroatoms. The summed E-state index contributed by atoms with van der Waals surface area (Å²) in [5.41, 5.74) is 0. The smallest absolute Gasteiger partial charge is 0.137 e. The van der Waals surface area contributed by atoms with Gasteiger partial charge in [-0.1, -0.05) is 52.4 Å². The van der Waals surface area contributed by atoms with E-state index in [1.54, 1.807) is 0 Å². The molecule has 4 aliphatic rings. The fourth-order valence-corrected chi connectivity index (χ4v) is 8.13. The number of hydrogen-bond donors (Lipinski definition) is 0. The van der Waals surface area contributed by atoms with Gasteiger partial charge in [0.2, 0.25) is 0 Å². The Labute approximate surface area is 201 Å². The van der Waals surface area contributed by atoms with Crippen molar-refractivity contribution in [3.05, 3.63) is 0 Å². The van der Waals surface area contributed by atoms with Crippen LogP contribution in [0.5, 0.6) is 0 Å². The van der Waals surface area contributed by atoms with Crippen molar-refractivity contribution in [1.82, 2.24) is 0 Å². The average molecular weight is 471 g/mol. The van der Waals surface area contributed by atoms with E-state index in [1.165, 1.54) is 57.8 Å². The highest BCUT2D eigenvalue weighted by Crippen LogP contribution is 2.49. The zero-order valence-electron chi connectivity index (χ0n) is 21.2. The lowest BCUT2D eigenvalue weighted by Gasteiger charge is -2.47. The van der Waals surface area contributed by atoms with Crippen LogP contribution in [0.2, 0.25) is 0 Å². The number of rotatable bonds is 8. The fraction of sp³-hybridized carbons (Fsp3) is 1.00. The van der Waals surface area contributed by atoms with Crippen molar-refractivity contribution in [3.8, 4) is 0 Å². The molecule has 1 nitrogen and oxygen atoms in total. The summed E-state index contributed by atoms with van der Waals surface area (Å²) < 4.78 is 50.9. The summed E-state index contributed by atoms with van der Waals surface area (Å²) in [6, 6.07) is 0. The van der Waals surface area contributed by atoms with Gasteiger partial charge in [-0.25, -0.2) is 13.2 Å². The molecule has 4 rings (SSSR count). The van der Waals surface area contributed by atoms with Gasteiger partial charge in [0.1, 0.15) is 18.5 Å². The van der Waals surface area contributed by atoms with E-state index in [4.69, 9.17) is 4.74 Å². The Kier molecular flexibility index (Phi) is 9.49. The van der Waals surface area contributed by atoms with Crippen LogP contribution in [-0.4, -0.2) is 31.2 Å². The minimum Gasteiger partial charge on any atom is -0.375 e. The molecule has 192 valence electrons. The summed E-state index contributed by atoms with van der Waals surface area (Å²) in [6.07, 6.45) is 12.0. The largest absolute Gasteiger partial charge is 0.375 e. The van der Waals surface area contributed by atoms with Crippen LogP contribution < -0.4 is 0 Å². The molecule has 0 saturated heterocycles. The van der Waals surface area contributed by atoms with Crippen molar-refractivity contribution < 1.29 is 17.9 Å². The molecule has 7 atom stereocenters. The van der Waals surface area contributed by atoms with E-state index in [9.17, 15) is 0 Å². The molecule has 0 aromatic rings. The van der Waals surface area contributed by atoms with E-state index in [1.807, 2.05) is 6.92 Å². The van der Waals surface area contributed by atoms with Gasteiger partial charge in [-0.3, -0.25) is 0 Å². The molecule has 0 aromatic heterocycles. The van der Waals surface area contributed by atoms with Gasteiger partial charge in [0.25, 0.3) is 0 Å². The molecule has 0 radical (unpaired) electrons. The molecule has 0 heterocycles. The van der Waals surface area contributed by atoms with Gasteiger partial charge in [0.15, 0.2) is 0 Å². The zero-order valence-corrected chi connectivity index (χ0v) is 21.2. The Hall–Kier alpha value is -0.250. The quantitative estimate of drug-likeness (QED) is 0.345. The summed E-state index contributed by atoms with van der Waals surface area (Å²) in [7, 11) is 0. The molecule has 0 bridgehead atoms. The van der Waals surface area contributed by atoms with Crippen LogP contribution in [0.3, 0.4) is 0 Å². The number of hydrogen-bond acceptors (Lipinski definition) is 1. The minimum atomic E-state index is -1.66. The van der Waals surface area contributed by atoms with Crippen LogP contribution >= 0.6 is 0 Å². The fourth-order valence-electron chi connectivity index (χ4n) is 8.13. The Balaban J connectivity index is 1.21. The van der Waals surface area contributed by atoms with E-state index in [-0.39, 0.29) is 11.8 Å². The first-order valence-electron chi connectivity index (χ1n) is 14.6. The van der Waals surface area contributed by atoms with Gasteiger partial charge in [-0.15, -0.1) is 0 Å². The first kappa shape index (κ1) is 25.8. The summed E-state index contributed by atoms with van der Waals surface area (Å²) in [4.78, 5) is 0. The van der Waals surface area contributed by atoms with Gasteiger partial charge >= 0.3 is 0 Å². The maximum atomic E-state index is 15.1. The van der Waals surface area contributed by atoms with Gasteiger partial charge in [0, 0.05) is 12.5 Å². The highest BCUT2D eigenvalue weighted by molar-refractivity contribution is 5.01. The van der Waals surface area contributed by atoms with E-state index < -0.39 is 30.5 Å². The summed E-state index contributed by atoms with van der Waals surface area (Å²) in [6.45, 7) is 4.83. The Morgan fingerprint density at radius 3 is 1.85 bits per heavy atom. The van der Waals surface area contributed by atoms with Crippen LogP contribution in [0.15, 0.2) is 0 Å². The number of ether oxygens (including phenoxy) is 1. The minimum absolute atomic E-state index is 0.0116. The maximum absolute atomic E-state index is 15.1. The third-order valence-corrected chi connectivity index (χ3v) is 10.3. The number of fused-ring (bicyclic) bond motifs is 1. The highest BCUT2D eigenvalue weighted by Gasteiger charge is 2.53. The van der Waals surface area contributed by atoms with E-state index in [2.05, 4.69) is 6.92 Å². The molecular formula is C29H49F3O. The molecule has 0 amide bonds. The third-order valence-electron chi connectivity index (χ3n) is 10.3. The number of halogens is 3. The summed E-state index contributed by atoms with van der Waals surface area (Å²) >= 11 is 0. The molecular weight excluding hydrogens is 421 g/mol. The molecule has 0 aliphatic heterocycles. The second-order valence-electron chi connectivity index (χ2n) is 12.2. The predicted octanol–water partition coefficient (Wildman–Crippen LogP) is 8.65. The van der Waals surface area contributed by atoms with Crippen molar-refractivity contribution in [1.29, 1.82) is 0 Å².